The van der Waals surface area contributed by atoms with E-state index in [-0.39, 0.29) is 5.75 Å². The summed E-state index contributed by atoms with van der Waals surface area (Å²) in [7, 11) is 0. The zero-order chi connectivity index (χ0) is 14.6. The first kappa shape index (κ1) is 14.1. The van der Waals surface area contributed by atoms with Gasteiger partial charge in [0, 0.05) is 18.3 Å². The Morgan fingerprint density at radius 3 is 2.45 bits per heavy atom. The lowest BCUT2D eigenvalue weighted by Gasteiger charge is -2.10. The maximum absolute atomic E-state index is 12.0. The molecular weight excluding hydrogens is 271 g/mol. The Hall–Kier alpha value is -2.31. The largest absolute Gasteiger partial charge is 0.573 e. The highest BCUT2D eigenvalue weighted by Crippen LogP contribution is 2.22. The summed E-state index contributed by atoms with van der Waals surface area (Å²) in [5.41, 5.74) is 1.65. The summed E-state index contributed by atoms with van der Waals surface area (Å²) in [6, 6.07) is 7.44. The number of rotatable bonds is 4. The van der Waals surface area contributed by atoms with Gasteiger partial charge in [0.1, 0.15) is 17.9 Å². The summed E-state index contributed by atoms with van der Waals surface area (Å²) in [6.45, 7) is 2.29. The van der Waals surface area contributed by atoms with Crippen LogP contribution in [0.25, 0.3) is 0 Å². The van der Waals surface area contributed by atoms with Gasteiger partial charge < -0.3 is 10.1 Å². The van der Waals surface area contributed by atoms with Crippen molar-refractivity contribution in [3.8, 4) is 5.75 Å². The summed E-state index contributed by atoms with van der Waals surface area (Å²) >= 11 is 0. The third kappa shape index (κ3) is 4.42. The number of anilines is 1. The minimum absolute atomic E-state index is 0.237. The van der Waals surface area contributed by atoms with Crippen molar-refractivity contribution in [1.29, 1.82) is 0 Å². The van der Waals surface area contributed by atoms with Gasteiger partial charge in [-0.2, -0.15) is 0 Å². The molecule has 7 heteroatoms. The fourth-order valence-corrected chi connectivity index (χ4v) is 1.55. The Morgan fingerprint density at radius 2 is 1.85 bits per heavy atom. The Kier molecular flexibility index (Phi) is 4.07. The molecular formula is C13H12F3N3O. The third-order valence-electron chi connectivity index (χ3n) is 2.43. The van der Waals surface area contributed by atoms with Crippen LogP contribution in [0.15, 0.2) is 36.7 Å². The summed E-state index contributed by atoms with van der Waals surface area (Å²) in [5.74, 6) is 0.423. The monoisotopic (exact) mass is 283 g/mol. The van der Waals surface area contributed by atoms with Gasteiger partial charge >= 0.3 is 6.36 Å². The first-order chi connectivity index (χ1) is 9.42. The lowest BCUT2D eigenvalue weighted by Crippen LogP contribution is -2.17. The predicted octanol–water partition coefficient (Wildman–Crippen LogP) is 3.30. The van der Waals surface area contributed by atoms with Crippen molar-refractivity contribution in [3.63, 3.8) is 0 Å². The molecule has 0 unspecified atom stereocenters. The molecule has 2 aromatic rings. The highest BCUT2D eigenvalue weighted by atomic mass is 19.4. The molecule has 20 heavy (non-hydrogen) atoms. The van der Waals surface area contributed by atoms with Crippen LogP contribution in [-0.2, 0) is 6.54 Å². The van der Waals surface area contributed by atoms with E-state index in [0.29, 0.717) is 12.4 Å². The predicted molar refractivity (Wildman–Crippen MR) is 67.2 cm³/mol. The van der Waals surface area contributed by atoms with Crippen LogP contribution in [0.1, 0.15) is 11.3 Å². The van der Waals surface area contributed by atoms with Crippen LogP contribution in [0.5, 0.6) is 5.75 Å². The van der Waals surface area contributed by atoms with E-state index in [4.69, 9.17) is 0 Å². The van der Waals surface area contributed by atoms with E-state index < -0.39 is 6.36 Å². The number of ether oxygens (including phenoxy) is 1. The van der Waals surface area contributed by atoms with Crippen molar-refractivity contribution in [3.05, 3.63) is 47.9 Å². The average molecular weight is 283 g/mol. The van der Waals surface area contributed by atoms with Crippen molar-refractivity contribution < 1.29 is 17.9 Å². The van der Waals surface area contributed by atoms with Crippen molar-refractivity contribution >= 4 is 5.82 Å². The quantitative estimate of drug-likeness (QED) is 0.935. The van der Waals surface area contributed by atoms with E-state index in [1.165, 1.54) is 18.5 Å². The molecule has 1 N–H and O–H groups in total. The first-order valence-corrected chi connectivity index (χ1v) is 5.79. The summed E-state index contributed by atoms with van der Waals surface area (Å²) in [5, 5.41) is 3.06. The van der Waals surface area contributed by atoms with Gasteiger partial charge in [0.25, 0.3) is 0 Å². The molecule has 0 spiro atoms. The standard InChI is InChI=1S/C13H12F3N3O/c1-9-6-12(19-8-18-9)17-7-10-2-4-11(5-3-10)20-13(14,15)16/h2-6,8H,7H2,1H3,(H,17,18,19). The number of nitrogens with zero attached hydrogens (tertiary/aromatic N) is 2. The summed E-state index contributed by atoms with van der Waals surface area (Å²) < 4.78 is 39.8. The van der Waals surface area contributed by atoms with Gasteiger partial charge in [-0.05, 0) is 24.6 Å². The van der Waals surface area contributed by atoms with E-state index in [1.807, 2.05) is 6.92 Å². The highest BCUT2D eigenvalue weighted by Gasteiger charge is 2.30. The zero-order valence-electron chi connectivity index (χ0n) is 10.6. The Morgan fingerprint density at radius 1 is 1.15 bits per heavy atom. The lowest BCUT2D eigenvalue weighted by molar-refractivity contribution is -0.274. The fourth-order valence-electron chi connectivity index (χ4n) is 1.55. The van der Waals surface area contributed by atoms with Gasteiger partial charge in [-0.15, -0.1) is 13.2 Å². The van der Waals surface area contributed by atoms with E-state index in [1.54, 1.807) is 18.2 Å². The molecule has 0 bridgehead atoms. The van der Waals surface area contributed by atoms with Gasteiger partial charge in [-0.3, -0.25) is 0 Å². The molecule has 0 fully saturated rings. The summed E-state index contributed by atoms with van der Waals surface area (Å²) in [4.78, 5) is 7.99. The molecule has 1 heterocycles. The van der Waals surface area contributed by atoms with Gasteiger partial charge in [0.05, 0.1) is 0 Å². The molecule has 4 nitrogen and oxygen atoms in total. The van der Waals surface area contributed by atoms with Crippen LogP contribution in [0.3, 0.4) is 0 Å². The van der Waals surface area contributed by atoms with Crippen LogP contribution in [0, 0.1) is 6.92 Å². The van der Waals surface area contributed by atoms with E-state index in [2.05, 4.69) is 20.0 Å². The molecule has 0 aliphatic heterocycles. The van der Waals surface area contributed by atoms with Crippen molar-refractivity contribution in [1.82, 2.24) is 9.97 Å². The van der Waals surface area contributed by atoms with Crippen LogP contribution in [-0.4, -0.2) is 16.3 Å². The number of alkyl halides is 3. The normalized spacial score (nSPS) is 11.2. The molecule has 0 amide bonds. The molecule has 0 saturated heterocycles. The molecule has 0 aliphatic carbocycles. The highest BCUT2D eigenvalue weighted by molar-refractivity contribution is 5.36. The molecule has 0 saturated carbocycles. The minimum atomic E-state index is -4.67. The molecule has 2 rings (SSSR count). The van der Waals surface area contributed by atoms with E-state index in [0.717, 1.165) is 11.3 Å². The van der Waals surface area contributed by atoms with Crippen LogP contribution in [0.2, 0.25) is 0 Å². The van der Waals surface area contributed by atoms with Crippen LogP contribution in [0.4, 0.5) is 19.0 Å². The molecule has 0 radical (unpaired) electrons. The fraction of sp³-hybridized carbons (Fsp3) is 0.231. The topological polar surface area (TPSA) is 47.0 Å². The SMILES string of the molecule is Cc1cc(NCc2ccc(OC(F)(F)F)cc2)ncn1. The second kappa shape index (κ2) is 5.77. The number of aryl methyl sites for hydroxylation is 1. The van der Waals surface area contributed by atoms with Gasteiger partial charge in [-0.1, -0.05) is 12.1 Å². The second-order valence-corrected chi connectivity index (χ2v) is 4.09. The van der Waals surface area contributed by atoms with Crippen molar-refractivity contribution in [2.75, 3.05) is 5.32 Å². The smallest absolute Gasteiger partial charge is 0.406 e. The Balaban J connectivity index is 1.94. The zero-order valence-corrected chi connectivity index (χ0v) is 10.6. The lowest BCUT2D eigenvalue weighted by atomic mass is 10.2. The van der Waals surface area contributed by atoms with Crippen molar-refractivity contribution in [2.24, 2.45) is 0 Å². The molecule has 106 valence electrons. The van der Waals surface area contributed by atoms with E-state index in [9.17, 15) is 13.2 Å². The van der Waals surface area contributed by atoms with Crippen molar-refractivity contribution in [2.45, 2.75) is 19.8 Å². The Labute approximate surface area is 113 Å². The number of benzene rings is 1. The third-order valence-corrected chi connectivity index (χ3v) is 2.43. The molecule has 0 atom stereocenters. The number of aromatic nitrogens is 2. The maximum atomic E-state index is 12.0. The molecule has 1 aromatic heterocycles. The molecule has 1 aromatic carbocycles. The minimum Gasteiger partial charge on any atom is -0.406 e. The van der Waals surface area contributed by atoms with E-state index >= 15 is 0 Å². The number of halogens is 3. The van der Waals surface area contributed by atoms with Gasteiger partial charge in [0.15, 0.2) is 0 Å². The average Bonchev–Trinajstić information content (AvgIpc) is 2.36. The maximum Gasteiger partial charge on any atom is 0.573 e. The summed E-state index contributed by atoms with van der Waals surface area (Å²) in [6.07, 6.45) is -3.23. The number of hydrogen-bond acceptors (Lipinski definition) is 4. The Bertz CT molecular complexity index is 570. The number of nitrogens with one attached hydrogen (secondary N) is 1. The molecule has 0 aliphatic rings. The van der Waals surface area contributed by atoms with Gasteiger partial charge in [0.2, 0.25) is 0 Å². The van der Waals surface area contributed by atoms with Crippen LogP contribution < -0.4 is 10.1 Å². The van der Waals surface area contributed by atoms with Crippen LogP contribution >= 0.6 is 0 Å². The second-order valence-electron chi connectivity index (χ2n) is 4.09. The number of hydrogen-bond donors (Lipinski definition) is 1. The first-order valence-electron chi connectivity index (χ1n) is 5.79. The van der Waals surface area contributed by atoms with Gasteiger partial charge in [-0.25, -0.2) is 9.97 Å².